The molecule has 0 bridgehead atoms. The first-order chi connectivity index (χ1) is 24.2. The largest absolute Gasteiger partial charge is 0.461 e. The number of aliphatic hydroxyl groups is 4. The Labute approximate surface area is 289 Å². The van der Waals surface area contributed by atoms with E-state index in [9.17, 15) is 30.0 Å². The lowest BCUT2D eigenvalue weighted by Gasteiger charge is -2.40. The molecule has 256 valence electrons. The lowest BCUT2D eigenvalue weighted by atomic mass is 9.93. The molecule has 2 amide bonds. The third kappa shape index (κ3) is 5.65. The number of para-hydroxylation sites is 1. The number of ether oxygens (including phenoxy) is 2. The quantitative estimate of drug-likeness (QED) is 0.127. The van der Waals surface area contributed by atoms with Gasteiger partial charge in [0.05, 0.1) is 17.7 Å². The Kier molecular flexibility index (Phi) is 8.22. The molecule has 0 aliphatic carbocycles. The fourth-order valence-electron chi connectivity index (χ4n) is 6.87. The number of hydrogen-bond donors (Lipinski definition) is 7. The molecule has 2 aliphatic heterocycles. The van der Waals surface area contributed by atoms with Gasteiger partial charge in [0.25, 0.3) is 11.8 Å². The molecule has 4 heterocycles. The van der Waals surface area contributed by atoms with Crippen molar-refractivity contribution < 1.29 is 39.5 Å². The molecule has 6 aromatic rings. The van der Waals surface area contributed by atoms with Crippen LogP contribution >= 0.6 is 11.6 Å². The molecule has 1 fully saturated rings. The SMILES string of the molecule is O=C(Nc1ccc2[nH]c(C(=O)N3CC(Cl)Cc4c3cc(O[C@@H]3OC(CO)[C@H](O)C(O)C3O)c3ccccc43)cc2c1)c1cc2ccccc2[nH]1. The minimum Gasteiger partial charge on any atom is -0.461 e. The van der Waals surface area contributed by atoms with Gasteiger partial charge >= 0.3 is 0 Å². The summed E-state index contributed by atoms with van der Waals surface area (Å²) >= 11 is 6.77. The lowest BCUT2D eigenvalue weighted by Crippen LogP contribution is -2.60. The molecule has 4 aromatic carbocycles. The number of hydrogen-bond acceptors (Lipinski definition) is 8. The Morgan fingerprint density at radius 2 is 1.58 bits per heavy atom. The number of halogens is 1. The summed E-state index contributed by atoms with van der Waals surface area (Å²) in [6.07, 6.45) is -6.85. The normalized spacial score (nSPS) is 23.7. The van der Waals surface area contributed by atoms with Crippen molar-refractivity contribution in [2.24, 2.45) is 0 Å². The number of nitrogens with zero attached hydrogens (tertiary/aromatic N) is 1. The number of anilines is 2. The van der Waals surface area contributed by atoms with Crippen LogP contribution in [0.1, 0.15) is 26.5 Å². The Balaban J connectivity index is 1.10. The van der Waals surface area contributed by atoms with Crippen molar-refractivity contribution in [2.75, 3.05) is 23.4 Å². The summed E-state index contributed by atoms with van der Waals surface area (Å²) in [5.74, 6) is -0.369. The van der Waals surface area contributed by atoms with E-state index in [1.165, 1.54) is 0 Å². The molecule has 50 heavy (non-hydrogen) atoms. The van der Waals surface area contributed by atoms with Gasteiger partial charge in [0, 0.05) is 45.5 Å². The first-order valence-electron chi connectivity index (χ1n) is 16.2. The molecule has 7 N–H and O–H groups in total. The number of carbonyl (C=O) groups excluding carboxylic acids is 2. The van der Waals surface area contributed by atoms with E-state index < -0.39 is 37.3 Å². The van der Waals surface area contributed by atoms with Gasteiger partial charge < -0.3 is 50.1 Å². The second kappa shape index (κ2) is 12.7. The van der Waals surface area contributed by atoms with E-state index in [1.807, 2.05) is 48.5 Å². The number of alkyl halides is 1. The summed E-state index contributed by atoms with van der Waals surface area (Å²) in [6, 6.07) is 25.6. The number of aromatic nitrogens is 2. The maximum Gasteiger partial charge on any atom is 0.274 e. The summed E-state index contributed by atoms with van der Waals surface area (Å²) in [5.41, 5.74) is 4.24. The monoisotopic (exact) mass is 696 g/mol. The predicted octanol–water partition coefficient (Wildman–Crippen LogP) is 4.04. The van der Waals surface area contributed by atoms with Gasteiger partial charge in [0.1, 0.15) is 41.6 Å². The molecule has 2 aliphatic rings. The van der Waals surface area contributed by atoms with Crippen molar-refractivity contribution in [3.05, 3.63) is 102 Å². The van der Waals surface area contributed by atoms with Crippen molar-refractivity contribution in [1.29, 1.82) is 0 Å². The number of aliphatic hydroxyl groups excluding tert-OH is 4. The molecule has 2 aromatic heterocycles. The summed E-state index contributed by atoms with van der Waals surface area (Å²) in [6.45, 7) is -0.399. The van der Waals surface area contributed by atoms with Crippen LogP contribution in [0.4, 0.5) is 11.4 Å². The minimum absolute atomic E-state index is 0.201. The first kappa shape index (κ1) is 32.3. The number of aromatic amines is 2. The topological polar surface area (TPSA) is 180 Å². The molecule has 4 unspecified atom stereocenters. The van der Waals surface area contributed by atoms with Crippen LogP contribution in [0.5, 0.6) is 5.75 Å². The lowest BCUT2D eigenvalue weighted by molar-refractivity contribution is -0.277. The summed E-state index contributed by atoms with van der Waals surface area (Å²) in [5, 5.41) is 46.6. The average Bonchev–Trinajstić information content (AvgIpc) is 3.76. The number of nitrogens with one attached hydrogen (secondary N) is 3. The molecule has 6 atom stereocenters. The first-order valence-corrected chi connectivity index (χ1v) is 16.6. The summed E-state index contributed by atoms with van der Waals surface area (Å²) < 4.78 is 11.8. The average molecular weight is 697 g/mol. The number of rotatable bonds is 6. The number of carbonyl (C=O) groups is 2. The van der Waals surface area contributed by atoms with Crippen molar-refractivity contribution in [3.63, 3.8) is 0 Å². The zero-order valence-electron chi connectivity index (χ0n) is 26.4. The molecule has 1 saturated heterocycles. The fraction of sp³-hybridized carbons (Fsp3) is 0.243. The van der Waals surface area contributed by atoms with Gasteiger partial charge in [-0.3, -0.25) is 9.59 Å². The van der Waals surface area contributed by atoms with Crippen molar-refractivity contribution >= 4 is 67.4 Å². The van der Waals surface area contributed by atoms with E-state index in [0.29, 0.717) is 45.5 Å². The van der Waals surface area contributed by atoms with Crippen molar-refractivity contribution in [1.82, 2.24) is 9.97 Å². The highest BCUT2D eigenvalue weighted by atomic mass is 35.5. The molecule has 0 saturated carbocycles. The maximum atomic E-state index is 14.2. The number of benzene rings is 4. The highest BCUT2D eigenvalue weighted by Crippen LogP contribution is 2.42. The van der Waals surface area contributed by atoms with Crippen LogP contribution in [-0.4, -0.2) is 91.4 Å². The zero-order chi connectivity index (χ0) is 34.7. The van der Waals surface area contributed by atoms with Gasteiger partial charge in [-0.05, 0) is 53.8 Å². The molecule has 12 nitrogen and oxygen atoms in total. The van der Waals surface area contributed by atoms with Gasteiger partial charge in [0.15, 0.2) is 0 Å². The molecule has 8 rings (SSSR count). The van der Waals surface area contributed by atoms with Crippen LogP contribution < -0.4 is 15.0 Å². The van der Waals surface area contributed by atoms with Crippen LogP contribution in [0.15, 0.2) is 84.9 Å². The van der Waals surface area contributed by atoms with Crippen LogP contribution in [-0.2, 0) is 11.2 Å². The highest BCUT2D eigenvalue weighted by molar-refractivity contribution is 6.22. The standard InChI is InChI=1S/C37H33ClN4O8/c38-20-14-24-22-6-2-3-7-23(22)30(49-37-34(46)33(45)32(44)31(17-43)50-37)15-29(24)42(16-20)36(48)28-13-19-11-21(9-10-26(19)41-28)39-35(47)27-12-18-5-1-4-8-25(18)40-27/h1-13,15,20,31-34,37,40-41,43-46H,14,16-17H2,(H,39,47)/t20?,31?,32-,33?,34?,37+/m0/s1. The number of fused-ring (bicyclic) bond motifs is 5. The van der Waals surface area contributed by atoms with E-state index in [-0.39, 0.29) is 29.5 Å². The van der Waals surface area contributed by atoms with Gasteiger partial charge in [-0.1, -0.05) is 42.5 Å². The van der Waals surface area contributed by atoms with Gasteiger partial charge in [-0.25, -0.2) is 0 Å². The van der Waals surface area contributed by atoms with Gasteiger partial charge in [0.2, 0.25) is 6.29 Å². The minimum atomic E-state index is -1.62. The smallest absolute Gasteiger partial charge is 0.274 e. The number of H-pyrrole nitrogens is 2. The summed E-state index contributed by atoms with van der Waals surface area (Å²) in [7, 11) is 0. The van der Waals surface area contributed by atoms with Crippen LogP contribution in [0.25, 0.3) is 32.6 Å². The van der Waals surface area contributed by atoms with Crippen LogP contribution in [0.3, 0.4) is 0 Å². The van der Waals surface area contributed by atoms with E-state index in [4.69, 9.17) is 21.1 Å². The number of amides is 2. The Morgan fingerprint density at radius 1 is 0.860 bits per heavy atom. The summed E-state index contributed by atoms with van der Waals surface area (Å²) in [4.78, 5) is 35.2. The Hall–Kier alpha value is -4.95. The van der Waals surface area contributed by atoms with E-state index in [1.54, 1.807) is 41.3 Å². The van der Waals surface area contributed by atoms with Crippen LogP contribution in [0, 0.1) is 0 Å². The molecule has 0 spiro atoms. The zero-order valence-corrected chi connectivity index (χ0v) is 27.2. The second-order valence-corrected chi connectivity index (χ2v) is 13.3. The molecule has 13 heteroatoms. The highest BCUT2D eigenvalue weighted by Gasteiger charge is 2.45. The van der Waals surface area contributed by atoms with Gasteiger partial charge in [-0.15, -0.1) is 11.6 Å². The second-order valence-electron chi connectivity index (χ2n) is 12.7. The Bertz CT molecular complexity index is 2230. The van der Waals surface area contributed by atoms with E-state index in [2.05, 4.69) is 15.3 Å². The van der Waals surface area contributed by atoms with Crippen molar-refractivity contribution in [2.45, 2.75) is 42.5 Å². The van der Waals surface area contributed by atoms with Gasteiger partial charge in [-0.2, -0.15) is 0 Å². The van der Waals surface area contributed by atoms with E-state index in [0.717, 1.165) is 21.9 Å². The van der Waals surface area contributed by atoms with E-state index >= 15 is 0 Å². The van der Waals surface area contributed by atoms with Crippen LogP contribution in [0.2, 0.25) is 0 Å². The molecular weight excluding hydrogens is 664 g/mol. The third-order valence-corrected chi connectivity index (χ3v) is 9.70. The Morgan fingerprint density at radius 3 is 2.38 bits per heavy atom. The molecule has 0 radical (unpaired) electrons. The third-order valence-electron chi connectivity index (χ3n) is 9.41. The maximum absolute atomic E-state index is 14.2. The fourth-order valence-corrected chi connectivity index (χ4v) is 7.16. The van der Waals surface area contributed by atoms with Crippen molar-refractivity contribution in [3.8, 4) is 5.75 Å². The predicted molar refractivity (Wildman–Crippen MR) is 188 cm³/mol. The molecular formula is C37H33ClN4O8.